The first kappa shape index (κ1) is 26.4. The summed E-state index contributed by atoms with van der Waals surface area (Å²) in [6, 6.07) is 19.2. The van der Waals surface area contributed by atoms with Crippen molar-refractivity contribution in [1.82, 2.24) is 9.47 Å². The van der Waals surface area contributed by atoms with E-state index < -0.39 is 6.04 Å². The van der Waals surface area contributed by atoms with Crippen molar-refractivity contribution in [2.75, 3.05) is 20.2 Å². The van der Waals surface area contributed by atoms with Crippen LogP contribution >= 0.6 is 33.9 Å². The fourth-order valence-electron chi connectivity index (χ4n) is 5.00. The summed E-state index contributed by atoms with van der Waals surface area (Å²) in [6.07, 6.45) is 1.89. The van der Waals surface area contributed by atoms with Crippen LogP contribution in [0, 0.1) is 3.57 Å². The lowest BCUT2D eigenvalue weighted by Gasteiger charge is -2.30. The molecule has 0 spiro atoms. The molecule has 0 fully saturated rings. The summed E-state index contributed by atoms with van der Waals surface area (Å²) in [5, 5.41) is 1.94. The van der Waals surface area contributed by atoms with E-state index in [-0.39, 0.29) is 11.5 Å². The first-order valence-electron chi connectivity index (χ1n) is 12.5. The normalized spacial score (nSPS) is 15.4. The van der Waals surface area contributed by atoms with Gasteiger partial charge in [0.2, 0.25) is 0 Å². The van der Waals surface area contributed by atoms with Crippen molar-refractivity contribution in [2.45, 2.75) is 26.8 Å². The minimum absolute atomic E-state index is 0.122. The number of methoxy groups -OCH3 is 1. The summed E-state index contributed by atoms with van der Waals surface area (Å²) in [5.74, 6) is 0.503. The van der Waals surface area contributed by atoms with Crippen molar-refractivity contribution in [1.29, 1.82) is 0 Å². The largest absolute Gasteiger partial charge is 0.496 e. The summed E-state index contributed by atoms with van der Waals surface area (Å²) in [7, 11) is 1.62. The molecule has 0 saturated carbocycles. The number of ether oxygens (including phenoxy) is 1. The van der Waals surface area contributed by atoms with E-state index in [2.05, 4.69) is 22.6 Å². The van der Waals surface area contributed by atoms with E-state index in [0.29, 0.717) is 39.4 Å². The van der Waals surface area contributed by atoms with Gasteiger partial charge in [-0.2, -0.15) is 0 Å². The molecular weight excluding hydrogens is 609 g/mol. The van der Waals surface area contributed by atoms with Gasteiger partial charge >= 0.3 is 0 Å². The van der Waals surface area contributed by atoms with Gasteiger partial charge in [-0.25, -0.2) is 4.99 Å². The Morgan fingerprint density at radius 1 is 1.11 bits per heavy atom. The van der Waals surface area contributed by atoms with Crippen molar-refractivity contribution in [3.8, 4) is 5.75 Å². The zero-order valence-corrected chi connectivity index (χ0v) is 24.7. The van der Waals surface area contributed by atoms with Crippen LogP contribution in [0.2, 0.25) is 0 Å². The standard InChI is InChI=1S/C30H28IN3O3S/c1-5-33(6-2)29(36)25-18(3)32-30-34(28(35)24(38-30)17-19-11-14-21(31)15-12-19)27(25)26-22-10-8-7-9-20(22)13-16-23(26)37-4/h7-17,27H,5-6H2,1-4H3/b24-17+/t27-/m0/s1. The third-order valence-electron chi connectivity index (χ3n) is 6.89. The number of thiazole rings is 1. The lowest BCUT2D eigenvalue weighted by atomic mass is 9.90. The number of allylic oxidation sites excluding steroid dienone is 1. The van der Waals surface area contributed by atoms with Crippen molar-refractivity contribution in [2.24, 2.45) is 4.99 Å². The third kappa shape index (κ3) is 4.60. The summed E-state index contributed by atoms with van der Waals surface area (Å²) < 4.78 is 9.22. The topological polar surface area (TPSA) is 63.9 Å². The van der Waals surface area contributed by atoms with Gasteiger partial charge in [-0.1, -0.05) is 53.8 Å². The van der Waals surface area contributed by atoms with Gasteiger partial charge in [-0.3, -0.25) is 14.2 Å². The van der Waals surface area contributed by atoms with Crippen molar-refractivity contribution in [3.63, 3.8) is 0 Å². The maximum Gasteiger partial charge on any atom is 0.271 e. The number of halogens is 1. The molecule has 1 aliphatic rings. The first-order valence-corrected chi connectivity index (χ1v) is 14.4. The Balaban J connectivity index is 1.85. The number of fused-ring (bicyclic) bond motifs is 2. The Labute approximate surface area is 238 Å². The van der Waals surface area contributed by atoms with Crippen LogP contribution in [0.3, 0.4) is 0 Å². The molecule has 3 aromatic carbocycles. The second-order valence-electron chi connectivity index (χ2n) is 9.01. The minimum atomic E-state index is -0.681. The maximum absolute atomic E-state index is 14.1. The fraction of sp³-hybridized carbons (Fsp3) is 0.233. The van der Waals surface area contributed by atoms with E-state index in [9.17, 15) is 9.59 Å². The molecule has 38 heavy (non-hydrogen) atoms. The highest BCUT2D eigenvalue weighted by Gasteiger charge is 2.36. The molecule has 0 N–H and O–H groups in total. The van der Waals surface area contributed by atoms with Crippen LogP contribution < -0.4 is 19.6 Å². The number of hydrogen-bond acceptors (Lipinski definition) is 5. The molecule has 0 saturated heterocycles. The zero-order valence-electron chi connectivity index (χ0n) is 21.7. The van der Waals surface area contributed by atoms with Crippen LogP contribution in [-0.2, 0) is 4.79 Å². The smallest absolute Gasteiger partial charge is 0.271 e. The predicted octanol–water partition coefficient (Wildman–Crippen LogP) is 4.87. The van der Waals surface area contributed by atoms with Crippen LogP contribution in [0.15, 0.2) is 81.7 Å². The average Bonchev–Trinajstić information content (AvgIpc) is 3.23. The van der Waals surface area contributed by atoms with Crippen LogP contribution in [0.5, 0.6) is 5.75 Å². The molecule has 1 atom stereocenters. The van der Waals surface area contributed by atoms with Crippen LogP contribution in [0.1, 0.15) is 37.9 Å². The van der Waals surface area contributed by atoms with Gasteiger partial charge in [0.25, 0.3) is 11.5 Å². The molecular formula is C30H28IN3O3S. The number of carbonyl (C=O) groups is 1. The Morgan fingerprint density at radius 3 is 2.50 bits per heavy atom. The van der Waals surface area contributed by atoms with Gasteiger partial charge in [0.1, 0.15) is 11.8 Å². The van der Waals surface area contributed by atoms with Crippen molar-refractivity contribution < 1.29 is 9.53 Å². The Hall–Kier alpha value is -3.24. The van der Waals surface area contributed by atoms with Crippen molar-refractivity contribution >= 4 is 56.7 Å². The van der Waals surface area contributed by atoms with E-state index in [1.54, 1.807) is 16.6 Å². The number of aromatic nitrogens is 1. The highest BCUT2D eigenvalue weighted by molar-refractivity contribution is 14.1. The van der Waals surface area contributed by atoms with E-state index in [0.717, 1.165) is 25.5 Å². The first-order chi connectivity index (χ1) is 18.4. The highest BCUT2D eigenvalue weighted by Crippen LogP contribution is 2.40. The van der Waals surface area contributed by atoms with Gasteiger partial charge < -0.3 is 9.64 Å². The predicted molar refractivity (Wildman–Crippen MR) is 161 cm³/mol. The number of hydrogen-bond donors (Lipinski definition) is 0. The van der Waals surface area contributed by atoms with Gasteiger partial charge in [-0.05, 0) is 84.0 Å². The second-order valence-corrected chi connectivity index (χ2v) is 11.3. The SMILES string of the molecule is CCN(CC)C(=O)C1=C(C)N=c2s/c(=C/c3ccc(I)cc3)c(=O)n2[C@@H]1c1c(OC)ccc2ccccc12. The number of likely N-dealkylation sites (N-methyl/N-ethyl adjacent to an activating group) is 1. The van der Waals surface area contributed by atoms with E-state index in [1.807, 2.05) is 87.5 Å². The summed E-state index contributed by atoms with van der Waals surface area (Å²) in [6.45, 7) is 6.89. The molecule has 1 aromatic heterocycles. The molecule has 1 amide bonds. The fourth-order valence-corrected chi connectivity index (χ4v) is 6.40. The Bertz CT molecular complexity index is 1750. The minimum Gasteiger partial charge on any atom is -0.496 e. The highest BCUT2D eigenvalue weighted by atomic mass is 127. The third-order valence-corrected chi connectivity index (χ3v) is 8.60. The molecule has 5 rings (SSSR count). The zero-order chi connectivity index (χ0) is 27.0. The number of carbonyl (C=O) groups excluding carboxylic acids is 1. The van der Waals surface area contributed by atoms with Crippen LogP contribution in [0.25, 0.3) is 16.8 Å². The summed E-state index contributed by atoms with van der Waals surface area (Å²) in [4.78, 5) is 35.2. The van der Waals surface area contributed by atoms with E-state index >= 15 is 0 Å². The molecule has 194 valence electrons. The van der Waals surface area contributed by atoms with Crippen LogP contribution in [-0.4, -0.2) is 35.6 Å². The van der Waals surface area contributed by atoms with Crippen LogP contribution in [0.4, 0.5) is 0 Å². The molecule has 0 aliphatic carbocycles. The maximum atomic E-state index is 14.1. The lowest BCUT2D eigenvalue weighted by Crippen LogP contribution is -2.43. The molecule has 4 aromatic rings. The number of nitrogens with zero attached hydrogens (tertiary/aromatic N) is 3. The number of amides is 1. The average molecular weight is 638 g/mol. The molecule has 6 nitrogen and oxygen atoms in total. The second kappa shape index (κ2) is 10.9. The number of rotatable bonds is 6. The summed E-state index contributed by atoms with van der Waals surface area (Å²) >= 11 is 3.60. The molecule has 1 aliphatic heterocycles. The number of benzene rings is 3. The quantitative estimate of drug-likeness (QED) is 0.284. The Morgan fingerprint density at radius 2 is 1.82 bits per heavy atom. The molecule has 0 radical (unpaired) electrons. The molecule has 2 heterocycles. The van der Waals surface area contributed by atoms with E-state index in [4.69, 9.17) is 9.73 Å². The summed E-state index contributed by atoms with van der Waals surface area (Å²) in [5.41, 5.74) is 2.66. The molecule has 0 unspecified atom stereocenters. The van der Waals surface area contributed by atoms with Gasteiger partial charge in [0.15, 0.2) is 4.80 Å². The van der Waals surface area contributed by atoms with Gasteiger partial charge in [-0.15, -0.1) is 0 Å². The van der Waals surface area contributed by atoms with E-state index in [1.165, 1.54) is 11.3 Å². The molecule has 8 heteroatoms. The Kier molecular flexibility index (Phi) is 7.54. The lowest BCUT2D eigenvalue weighted by molar-refractivity contribution is -0.127. The van der Waals surface area contributed by atoms with Gasteiger partial charge in [0.05, 0.1) is 22.9 Å². The van der Waals surface area contributed by atoms with Crippen molar-refractivity contribution in [3.05, 3.63) is 106 Å². The monoisotopic (exact) mass is 637 g/mol. The molecule has 0 bridgehead atoms. The van der Waals surface area contributed by atoms with Gasteiger partial charge in [0, 0.05) is 22.2 Å².